The third-order valence-corrected chi connectivity index (χ3v) is 5.32. The zero-order chi connectivity index (χ0) is 20.1. The number of furan rings is 1. The van der Waals surface area contributed by atoms with Gasteiger partial charge in [0.1, 0.15) is 17.0 Å². The predicted molar refractivity (Wildman–Crippen MR) is 116 cm³/mol. The van der Waals surface area contributed by atoms with E-state index >= 15 is 0 Å². The van der Waals surface area contributed by atoms with E-state index in [0.717, 1.165) is 21.5 Å². The van der Waals surface area contributed by atoms with Crippen LogP contribution in [0.1, 0.15) is 18.2 Å². The maximum Gasteiger partial charge on any atom is 0.253 e. The Balaban J connectivity index is 1.68. The van der Waals surface area contributed by atoms with Crippen LogP contribution in [0, 0.1) is 0 Å². The first kappa shape index (κ1) is 19.0. The van der Waals surface area contributed by atoms with E-state index in [2.05, 4.69) is 0 Å². The van der Waals surface area contributed by atoms with E-state index in [4.69, 9.17) is 14.1 Å². The van der Waals surface area contributed by atoms with Crippen molar-refractivity contribution in [2.45, 2.75) is 13.5 Å². The summed E-state index contributed by atoms with van der Waals surface area (Å²) < 4.78 is 12.1. The van der Waals surface area contributed by atoms with Gasteiger partial charge in [-0.25, -0.2) is 4.98 Å². The molecule has 1 amide bonds. The number of benzene rings is 2. The number of carbonyl (C=O) groups is 1. The molecule has 0 radical (unpaired) electrons. The van der Waals surface area contributed by atoms with E-state index in [-0.39, 0.29) is 5.91 Å². The number of rotatable bonds is 7. The minimum Gasteiger partial charge on any atom is -0.492 e. The summed E-state index contributed by atoms with van der Waals surface area (Å²) >= 11 is 1.46. The summed E-state index contributed by atoms with van der Waals surface area (Å²) in [7, 11) is 0. The lowest BCUT2D eigenvalue weighted by atomic mass is 10.2. The topological polar surface area (TPSA) is 55.6 Å². The van der Waals surface area contributed by atoms with E-state index in [0.29, 0.717) is 24.0 Å². The van der Waals surface area contributed by atoms with Gasteiger partial charge in [0.2, 0.25) is 0 Å². The number of hydrogen-bond donors (Lipinski definition) is 0. The molecule has 0 bridgehead atoms. The van der Waals surface area contributed by atoms with Gasteiger partial charge in [-0.05, 0) is 42.8 Å². The van der Waals surface area contributed by atoms with Gasteiger partial charge in [0, 0.05) is 6.08 Å². The fourth-order valence-corrected chi connectivity index (χ4v) is 3.91. The molecular weight excluding hydrogens is 384 g/mol. The van der Waals surface area contributed by atoms with Crippen LogP contribution < -0.4 is 9.64 Å². The average Bonchev–Trinajstić information content (AvgIpc) is 3.41. The normalized spacial score (nSPS) is 11.2. The maximum absolute atomic E-state index is 13.1. The van der Waals surface area contributed by atoms with Crippen molar-refractivity contribution in [2.24, 2.45) is 0 Å². The second kappa shape index (κ2) is 8.75. The standard InChI is InChI=1S/C23H20N2O3S/c1-2-27-19-11-6-12-20-22(19)24-23(29-20)25(16-18-10-7-15-28-18)21(26)14-13-17-8-4-3-5-9-17/h3-15H,2,16H2,1H3/b14-13+. The Labute approximate surface area is 172 Å². The van der Waals surface area contributed by atoms with Crippen molar-refractivity contribution in [1.29, 1.82) is 0 Å². The van der Waals surface area contributed by atoms with Gasteiger partial charge in [0.15, 0.2) is 5.13 Å². The van der Waals surface area contributed by atoms with Gasteiger partial charge in [0.05, 0.1) is 24.1 Å². The first-order valence-electron chi connectivity index (χ1n) is 9.34. The highest BCUT2D eigenvalue weighted by Crippen LogP contribution is 2.35. The molecule has 2 heterocycles. The number of aromatic nitrogens is 1. The van der Waals surface area contributed by atoms with Gasteiger partial charge in [-0.3, -0.25) is 9.69 Å². The smallest absolute Gasteiger partial charge is 0.253 e. The molecular formula is C23H20N2O3S. The monoisotopic (exact) mass is 404 g/mol. The Bertz CT molecular complexity index is 1120. The highest BCUT2D eigenvalue weighted by molar-refractivity contribution is 7.22. The number of ether oxygens (including phenoxy) is 1. The van der Waals surface area contributed by atoms with Crippen molar-refractivity contribution in [3.05, 3.63) is 84.3 Å². The van der Waals surface area contributed by atoms with E-state index in [1.807, 2.05) is 67.6 Å². The third-order valence-electron chi connectivity index (χ3n) is 4.28. The van der Waals surface area contributed by atoms with Gasteiger partial charge in [-0.2, -0.15) is 0 Å². The molecule has 0 aliphatic heterocycles. The molecule has 4 rings (SSSR count). The molecule has 0 fully saturated rings. The zero-order valence-corrected chi connectivity index (χ0v) is 16.8. The lowest BCUT2D eigenvalue weighted by molar-refractivity contribution is -0.114. The number of hydrogen-bond acceptors (Lipinski definition) is 5. The number of thiazole rings is 1. The summed E-state index contributed by atoms with van der Waals surface area (Å²) in [5, 5.41) is 0.603. The number of amides is 1. The second-order valence-corrected chi connectivity index (χ2v) is 7.29. The average molecular weight is 404 g/mol. The third kappa shape index (κ3) is 4.38. The van der Waals surface area contributed by atoms with Crippen molar-refractivity contribution in [3.63, 3.8) is 0 Å². The number of para-hydroxylation sites is 1. The molecule has 0 aliphatic carbocycles. The lowest BCUT2D eigenvalue weighted by Gasteiger charge is -2.16. The molecule has 0 N–H and O–H groups in total. The number of anilines is 1. The SMILES string of the molecule is CCOc1cccc2sc(N(Cc3ccco3)C(=O)/C=C/c3ccccc3)nc12. The Hall–Kier alpha value is -3.38. The first-order valence-corrected chi connectivity index (χ1v) is 10.2. The van der Waals surface area contributed by atoms with Crippen LogP contribution in [0.15, 0.2) is 77.4 Å². The van der Waals surface area contributed by atoms with Gasteiger partial charge < -0.3 is 9.15 Å². The van der Waals surface area contributed by atoms with Crippen molar-refractivity contribution < 1.29 is 13.9 Å². The fourth-order valence-electron chi connectivity index (χ4n) is 2.92. The largest absolute Gasteiger partial charge is 0.492 e. The minimum absolute atomic E-state index is 0.165. The molecule has 0 unspecified atom stereocenters. The zero-order valence-electron chi connectivity index (χ0n) is 15.9. The molecule has 0 saturated heterocycles. The molecule has 2 aromatic carbocycles. The minimum atomic E-state index is -0.165. The molecule has 5 nitrogen and oxygen atoms in total. The van der Waals surface area contributed by atoms with Gasteiger partial charge >= 0.3 is 0 Å². The molecule has 6 heteroatoms. The van der Waals surface area contributed by atoms with Crippen molar-refractivity contribution in [2.75, 3.05) is 11.5 Å². The van der Waals surface area contributed by atoms with Crippen LogP contribution in [0.25, 0.3) is 16.3 Å². The van der Waals surface area contributed by atoms with Crippen LogP contribution in [0.2, 0.25) is 0 Å². The Morgan fingerprint density at radius 3 is 2.76 bits per heavy atom. The first-order chi connectivity index (χ1) is 14.2. The predicted octanol–water partition coefficient (Wildman–Crippen LogP) is 5.53. The van der Waals surface area contributed by atoms with Crippen LogP contribution in [-0.4, -0.2) is 17.5 Å². The molecule has 0 aliphatic rings. The molecule has 29 heavy (non-hydrogen) atoms. The Morgan fingerprint density at radius 1 is 1.14 bits per heavy atom. The number of fused-ring (bicyclic) bond motifs is 1. The van der Waals surface area contributed by atoms with Crippen LogP contribution in [0.3, 0.4) is 0 Å². The van der Waals surface area contributed by atoms with Crippen molar-refractivity contribution >= 4 is 38.7 Å². The molecule has 146 valence electrons. The van der Waals surface area contributed by atoms with E-state index < -0.39 is 0 Å². The van der Waals surface area contributed by atoms with Gasteiger partial charge in [-0.1, -0.05) is 47.7 Å². The highest BCUT2D eigenvalue weighted by Gasteiger charge is 2.20. The highest BCUT2D eigenvalue weighted by atomic mass is 32.1. The molecule has 2 aromatic heterocycles. The quantitative estimate of drug-likeness (QED) is 0.380. The maximum atomic E-state index is 13.1. The molecule has 0 saturated carbocycles. The Morgan fingerprint density at radius 2 is 2.00 bits per heavy atom. The van der Waals surface area contributed by atoms with Crippen LogP contribution in [0.4, 0.5) is 5.13 Å². The molecule has 0 spiro atoms. The van der Waals surface area contributed by atoms with Gasteiger partial charge in [-0.15, -0.1) is 0 Å². The lowest BCUT2D eigenvalue weighted by Crippen LogP contribution is -2.28. The van der Waals surface area contributed by atoms with E-state index in [9.17, 15) is 4.79 Å². The molecule has 0 atom stereocenters. The van der Waals surface area contributed by atoms with E-state index in [1.54, 1.807) is 23.3 Å². The number of carbonyl (C=O) groups excluding carboxylic acids is 1. The summed E-state index contributed by atoms with van der Waals surface area (Å²) in [5.74, 6) is 1.25. The second-order valence-electron chi connectivity index (χ2n) is 6.28. The van der Waals surface area contributed by atoms with Crippen LogP contribution >= 0.6 is 11.3 Å². The van der Waals surface area contributed by atoms with Crippen LogP contribution in [-0.2, 0) is 11.3 Å². The summed E-state index contributed by atoms with van der Waals surface area (Å²) in [5.41, 5.74) is 1.72. The van der Waals surface area contributed by atoms with Crippen molar-refractivity contribution in [1.82, 2.24) is 4.98 Å². The van der Waals surface area contributed by atoms with Gasteiger partial charge in [0.25, 0.3) is 5.91 Å². The summed E-state index contributed by atoms with van der Waals surface area (Å²) in [6.07, 6.45) is 4.97. The Kier molecular flexibility index (Phi) is 5.72. The number of nitrogens with zero attached hydrogens (tertiary/aromatic N) is 2. The summed E-state index contributed by atoms with van der Waals surface area (Å²) in [6.45, 7) is 2.79. The summed E-state index contributed by atoms with van der Waals surface area (Å²) in [4.78, 5) is 19.4. The van der Waals surface area contributed by atoms with Crippen molar-refractivity contribution in [3.8, 4) is 5.75 Å². The van der Waals surface area contributed by atoms with E-state index in [1.165, 1.54) is 11.3 Å². The summed E-state index contributed by atoms with van der Waals surface area (Å²) in [6, 6.07) is 19.2. The van der Waals surface area contributed by atoms with Crippen LogP contribution in [0.5, 0.6) is 5.75 Å². The molecule has 4 aromatic rings. The fraction of sp³-hybridized carbons (Fsp3) is 0.130.